The Bertz CT molecular complexity index is 984. The first-order valence-corrected chi connectivity index (χ1v) is 8.03. The van der Waals surface area contributed by atoms with Crippen molar-refractivity contribution < 1.29 is 30.0 Å². The molecule has 3 rings (SSSR count). The van der Waals surface area contributed by atoms with Crippen molar-refractivity contribution in [1.82, 2.24) is 0 Å². The maximum Gasteiger partial charge on any atom is 0.255 e. The number of nitrogens with one attached hydrogen (secondary N) is 2. The molecule has 2 N–H and O–H groups in total. The quantitative estimate of drug-likeness (QED) is 0.676. The molecule has 3 aromatic rings. The lowest BCUT2D eigenvalue weighted by Gasteiger charge is -2.21. The smallest absolute Gasteiger partial charge is 0.255 e. The predicted octanol–water partition coefficient (Wildman–Crippen LogP) is 0.486. The van der Waals surface area contributed by atoms with Crippen molar-refractivity contribution >= 4 is 23.2 Å². The normalized spacial score (nSPS) is 10.3. The van der Waals surface area contributed by atoms with Crippen LogP contribution in [0.1, 0.15) is 20.7 Å². The molecular formula is C20H12N2O6-4. The molecule has 0 aliphatic heterocycles. The van der Waals surface area contributed by atoms with E-state index in [1.54, 1.807) is 0 Å². The minimum Gasteiger partial charge on any atom is -0.873 e. The Kier molecular flexibility index (Phi) is 5.03. The highest BCUT2D eigenvalue weighted by Crippen LogP contribution is 2.26. The van der Waals surface area contributed by atoms with Gasteiger partial charge in [0.15, 0.2) is 0 Å². The molecule has 0 spiro atoms. The van der Waals surface area contributed by atoms with Gasteiger partial charge in [-0.15, -0.1) is 23.0 Å². The van der Waals surface area contributed by atoms with E-state index >= 15 is 0 Å². The molecule has 28 heavy (non-hydrogen) atoms. The Morgan fingerprint density at radius 2 is 1.00 bits per heavy atom. The van der Waals surface area contributed by atoms with Gasteiger partial charge in [0, 0.05) is 22.5 Å². The Morgan fingerprint density at radius 1 is 0.607 bits per heavy atom. The molecule has 0 atom stereocenters. The summed E-state index contributed by atoms with van der Waals surface area (Å²) >= 11 is 0. The van der Waals surface area contributed by atoms with Crippen LogP contribution >= 0.6 is 0 Å². The molecule has 0 aliphatic rings. The molecule has 0 radical (unpaired) electrons. The lowest BCUT2D eigenvalue weighted by atomic mass is 10.1. The van der Waals surface area contributed by atoms with Gasteiger partial charge in [0.05, 0.1) is 0 Å². The number of amides is 2. The highest BCUT2D eigenvalue weighted by molar-refractivity contribution is 6.08. The van der Waals surface area contributed by atoms with Crippen LogP contribution in [0.4, 0.5) is 11.4 Å². The van der Waals surface area contributed by atoms with Gasteiger partial charge in [-0.2, -0.15) is 0 Å². The second kappa shape index (κ2) is 7.58. The Morgan fingerprint density at radius 3 is 1.43 bits per heavy atom. The highest BCUT2D eigenvalue weighted by Gasteiger charge is 2.10. The molecule has 8 heteroatoms. The zero-order valence-electron chi connectivity index (χ0n) is 14.2. The lowest BCUT2D eigenvalue weighted by molar-refractivity contribution is -0.317. The lowest BCUT2D eigenvalue weighted by Crippen LogP contribution is -2.17. The van der Waals surface area contributed by atoms with Gasteiger partial charge in [0.1, 0.15) is 0 Å². The van der Waals surface area contributed by atoms with Crippen molar-refractivity contribution in [2.45, 2.75) is 0 Å². The standard InChI is InChI=1S/C20H16N2O6/c23-15-8-2-6-13(17(15)25)19(27)21-11-4-1-5-12(10-11)22-20(28)14-7-3-9-16(24)18(14)26/h1-10,23-26H,(H,21,27)(H,22,28)/p-4. The van der Waals surface area contributed by atoms with E-state index in [0.717, 1.165) is 12.1 Å². The number of carbonyl (C=O) groups is 2. The Balaban J connectivity index is 1.77. The number of hydrogen-bond donors (Lipinski definition) is 2. The van der Waals surface area contributed by atoms with Crippen LogP contribution in [0.25, 0.3) is 0 Å². The Labute approximate surface area is 159 Å². The van der Waals surface area contributed by atoms with Gasteiger partial charge >= 0.3 is 0 Å². The molecule has 0 bridgehead atoms. The van der Waals surface area contributed by atoms with Crippen molar-refractivity contribution in [3.63, 3.8) is 0 Å². The summed E-state index contributed by atoms with van der Waals surface area (Å²) in [6.45, 7) is 0. The summed E-state index contributed by atoms with van der Waals surface area (Å²) < 4.78 is 0. The van der Waals surface area contributed by atoms with Gasteiger partial charge in [-0.25, -0.2) is 0 Å². The van der Waals surface area contributed by atoms with Gasteiger partial charge in [0.25, 0.3) is 11.8 Å². The van der Waals surface area contributed by atoms with Crippen LogP contribution in [-0.4, -0.2) is 11.8 Å². The number of hydrogen-bond acceptors (Lipinski definition) is 6. The third kappa shape index (κ3) is 3.80. The first-order chi connectivity index (χ1) is 13.4. The third-order valence-electron chi connectivity index (χ3n) is 3.83. The largest absolute Gasteiger partial charge is 0.873 e. The van der Waals surface area contributed by atoms with Gasteiger partial charge < -0.3 is 31.1 Å². The van der Waals surface area contributed by atoms with Crippen LogP contribution < -0.4 is 31.1 Å². The van der Waals surface area contributed by atoms with Crippen LogP contribution in [0.15, 0.2) is 60.7 Å². The van der Waals surface area contributed by atoms with Crippen molar-refractivity contribution in [1.29, 1.82) is 0 Å². The van der Waals surface area contributed by atoms with Crippen molar-refractivity contribution in [2.24, 2.45) is 0 Å². The van der Waals surface area contributed by atoms with E-state index in [4.69, 9.17) is 0 Å². The number of anilines is 2. The monoisotopic (exact) mass is 376 g/mol. The maximum atomic E-state index is 12.2. The van der Waals surface area contributed by atoms with Gasteiger partial charge in [-0.05, 0) is 18.2 Å². The van der Waals surface area contributed by atoms with E-state index in [1.807, 2.05) is 0 Å². The summed E-state index contributed by atoms with van der Waals surface area (Å²) in [5, 5.41) is 51.1. The number of para-hydroxylation sites is 2. The van der Waals surface area contributed by atoms with E-state index in [2.05, 4.69) is 10.6 Å². The number of rotatable bonds is 4. The summed E-state index contributed by atoms with van der Waals surface area (Å²) in [7, 11) is 0. The summed E-state index contributed by atoms with van der Waals surface area (Å²) in [5.41, 5.74) is -0.104. The average molecular weight is 376 g/mol. The molecule has 0 aromatic heterocycles. The Hall–Kier alpha value is -4.20. The van der Waals surface area contributed by atoms with Gasteiger partial charge in [-0.3, -0.25) is 9.59 Å². The molecule has 0 fully saturated rings. The summed E-state index contributed by atoms with van der Waals surface area (Å²) in [4.78, 5) is 24.4. The second-order valence-corrected chi connectivity index (χ2v) is 5.75. The van der Waals surface area contributed by atoms with Gasteiger partial charge in [-0.1, -0.05) is 42.5 Å². The fourth-order valence-electron chi connectivity index (χ4n) is 2.46. The highest BCUT2D eigenvalue weighted by atomic mass is 16.3. The van der Waals surface area contributed by atoms with Crippen LogP contribution in [-0.2, 0) is 0 Å². The minimum absolute atomic E-state index is 0.249. The van der Waals surface area contributed by atoms with Crippen LogP contribution in [0.3, 0.4) is 0 Å². The molecule has 142 valence electrons. The molecule has 0 saturated carbocycles. The summed E-state index contributed by atoms with van der Waals surface area (Å²) in [6, 6.07) is 13.1. The first-order valence-electron chi connectivity index (χ1n) is 8.03. The third-order valence-corrected chi connectivity index (χ3v) is 3.83. The fourth-order valence-corrected chi connectivity index (χ4v) is 2.46. The fraction of sp³-hybridized carbons (Fsp3) is 0. The molecule has 0 heterocycles. The molecule has 2 amide bonds. The van der Waals surface area contributed by atoms with Crippen molar-refractivity contribution in [3.05, 3.63) is 71.8 Å². The SMILES string of the molecule is O=C(Nc1cccc(NC(=O)c2cccc([O-])c2[O-])c1)c1cccc([O-])c1[O-]. The van der Waals surface area contributed by atoms with Gasteiger partial charge in [0.2, 0.25) is 0 Å². The van der Waals surface area contributed by atoms with Crippen LogP contribution in [0.5, 0.6) is 23.0 Å². The summed E-state index contributed by atoms with van der Waals surface area (Å²) in [6.07, 6.45) is 0. The maximum absolute atomic E-state index is 12.2. The van der Waals surface area contributed by atoms with Crippen molar-refractivity contribution in [2.75, 3.05) is 10.6 Å². The predicted molar refractivity (Wildman–Crippen MR) is 93.0 cm³/mol. The summed E-state index contributed by atoms with van der Waals surface area (Å²) in [5.74, 6) is -4.95. The molecular weight excluding hydrogens is 364 g/mol. The van der Waals surface area contributed by atoms with E-state index < -0.39 is 34.8 Å². The van der Waals surface area contributed by atoms with E-state index in [9.17, 15) is 30.0 Å². The molecule has 8 nitrogen and oxygen atoms in total. The zero-order chi connectivity index (χ0) is 20.3. The molecule has 0 unspecified atom stereocenters. The topological polar surface area (TPSA) is 150 Å². The minimum atomic E-state index is -0.912. The molecule has 0 aliphatic carbocycles. The van der Waals surface area contributed by atoms with Crippen molar-refractivity contribution in [3.8, 4) is 23.0 Å². The van der Waals surface area contributed by atoms with E-state index in [-0.39, 0.29) is 22.5 Å². The average Bonchev–Trinajstić information content (AvgIpc) is 2.66. The van der Waals surface area contributed by atoms with E-state index in [0.29, 0.717) is 0 Å². The van der Waals surface area contributed by atoms with Crippen LogP contribution in [0.2, 0.25) is 0 Å². The van der Waals surface area contributed by atoms with E-state index in [1.165, 1.54) is 48.5 Å². The first kappa shape index (κ1) is 18.6. The second-order valence-electron chi connectivity index (χ2n) is 5.75. The molecule has 3 aromatic carbocycles. The molecule has 0 saturated heterocycles. The number of carbonyl (C=O) groups excluding carboxylic acids is 2. The zero-order valence-corrected chi connectivity index (χ0v) is 14.2. The van der Waals surface area contributed by atoms with Crippen LogP contribution in [0, 0.1) is 0 Å². The number of benzene rings is 3.